The topological polar surface area (TPSA) is 29.5 Å². The Morgan fingerprint density at radius 2 is 2.10 bits per heavy atom. The van der Waals surface area contributed by atoms with Gasteiger partial charge in [-0.1, -0.05) is 36.4 Å². The highest BCUT2D eigenvalue weighted by molar-refractivity contribution is 5.69. The van der Waals surface area contributed by atoms with Gasteiger partial charge in [0.1, 0.15) is 0 Å². The maximum atomic E-state index is 11.2. The summed E-state index contributed by atoms with van der Waals surface area (Å²) in [5.41, 5.74) is 2.86. The SMILES string of the molecule is COC(=O)CCCN1C2C=C(c3ccccc3)CC1CC2. The average molecular weight is 285 g/mol. The number of ether oxygens (including phenoxy) is 1. The van der Waals surface area contributed by atoms with Crippen LogP contribution in [0.15, 0.2) is 36.4 Å². The largest absolute Gasteiger partial charge is 0.469 e. The molecule has 2 bridgehead atoms. The first kappa shape index (κ1) is 14.3. The van der Waals surface area contributed by atoms with Crippen molar-refractivity contribution in [1.29, 1.82) is 0 Å². The van der Waals surface area contributed by atoms with E-state index in [2.05, 4.69) is 41.3 Å². The summed E-state index contributed by atoms with van der Waals surface area (Å²) in [5, 5.41) is 0. The van der Waals surface area contributed by atoms with Gasteiger partial charge in [0.25, 0.3) is 0 Å². The zero-order valence-corrected chi connectivity index (χ0v) is 12.6. The first-order valence-electron chi connectivity index (χ1n) is 7.86. The monoisotopic (exact) mass is 285 g/mol. The molecule has 2 atom stereocenters. The van der Waals surface area contributed by atoms with E-state index < -0.39 is 0 Å². The maximum Gasteiger partial charge on any atom is 0.305 e. The number of rotatable bonds is 5. The number of hydrogen-bond donors (Lipinski definition) is 0. The molecule has 2 aliphatic heterocycles. The number of carbonyl (C=O) groups is 1. The maximum absolute atomic E-state index is 11.2. The van der Waals surface area contributed by atoms with Gasteiger partial charge in [0.05, 0.1) is 7.11 Å². The Bertz CT molecular complexity index is 523. The summed E-state index contributed by atoms with van der Waals surface area (Å²) in [6.45, 7) is 1.00. The molecule has 1 fully saturated rings. The van der Waals surface area contributed by atoms with E-state index in [-0.39, 0.29) is 5.97 Å². The Hall–Kier alpha value is -1.61. The summed E-state index contributed by atoms with van der Waals surface area (Å²) in [7, 11) is 1.46. The van der Waals surface area contributed by atoms with Crippen LogP contribution < -0.4 is 0 Å². The number of methoxy groups -OCH3 is 1. The fourth-order valence-corrected chi connectivity index (χ4v) is 3.64. The predicted molar refractivity (Wildman–Crippen MR) is 83.8 cm³/mol. The van der Waals surface area contributed by atoms with Crippen LogP contribution in [0, 0.1) is 0 Å². The molecule has 0 saturated carbocycles. The van der Waals surface area contributed by atoms with Crippen molar-refractivity contribution >= 4 is 11.5 Å². The van der Waals surface area contributed by atoms with Crippen molar-refractivity contribution in [3.8, 4) is 0 Å². The van der Waals surface area contributed by atoms with Crippen molar-refractivity contribution in [3.05, 3.63) is 42.0 Å². The van der Waals surface area contributed by atoms with E-state index in [4.69, 9.17) is 4.74 Å². The Balaban J connectivity index is 1.63. The number of carbonyl (C=O) groups excluding carboxylic acids is 1. The fourth-order valence-electron chi connectivity index (χ4n) is 3.64. The molecule has 2 aliphatic rings. The van der Waals surface area contributed by atoms with E-state index in [1.54, 1.807) is 0 Å². The first-order valence-corrected chi connectivity index (χ1v) is 7.86. The Morgan fingerprint density at radius 1 is 1.29 bits per heavy atom. The Morgan fingerprint density at radius 3 is 2.81 bits per heavy atom. The molecule has 3 heteroatoms. The quantitative estimate of drug-likeness (QED) is 0.778. The molecule has 0 amide bonds. The highest BCUT2D eigenvalue weighted by atomic mass is 16.5. The molecule has 3 rings (SSSR count). The number of hydrogen-bond acceptors (Lipinski definition) is 3. The number of fused-ring (bicyclic) bond motifs is 2. The molecule has 0 aromatic heterocycles. The van der Waals surface area contributed by atoms with E-state index in [0.717, 1.165) is 19.4 Å². The summed E-state index contributed by atoms with van der Waals surface area (Å²) in [6, 6.07) is 11.9. The van der Waals surface area contributed by atoms with Crippen molar-refractivity contribution in [2.75, 3.05) is 13.7 Å². The lowest BCUT2D eigenvalue weighted by atomic mass is 9.94. The molecule has 0 aliphatic carbocycles. The molecular weight excluding hydrogens is 262 g/mol. The molecule has 21 heavy (non-hydrogen) atoms. The summed E-state index contributed by atoms with van der Waals surface area (Å²) >= 11 is 0. The van der Waals surface area contributed by atoms with E-state index in [9.17, 15) is 4.79 Å². The van der Waals surface area contributed by atoms with Crippen LogP contribution in [0.3, 0.4) is 0 Å². The second kappa shape index (κ2) is 6.44. The van der Waals surface area contributed by atoms with E-state index in [0.29, 0.717) is 18.5 Å². The van der Waals surface area contributed by atoms with Crippen LogP contribution in [0.5, 0.6) is 0 Å². The molecule has 1 saturated heterocycles. The fraction of sp³-hybridized carbons (Fsp3) is 0.500. The number of benzene rings is 1. The van der Waals surface area contributed by atoms with Gasteiger partial charge < -0.3 is 4.74 Å². The van der Waals surface area contributed by atoms with Gasteiger partial charge in [0.2, 0.25) is 0 Å². The molecule has 112 valence electrons. The van der Waals surface area contributed by atoms with Gasteiger partial charge in [-0.3, -0.25) is 9.69 Å². The molecule has 1 aromatic carbocycles. The second-order valence-corrected chi connectivity index (χ2v) is 5.98. The van der Waals surface area contributed by atoms with Crippen LogP contribution in [0.1, 0.15) is 37.7 Å². The lowest BCUT2D eigenvalue weighted by Gasteiger charge is -2.34. The van der Waals surface area contributed by atoms with Crippen LogP contribution in [0.25, 0.3) is 5.57 Å². The van der Waals surface area contributed by atoms with E-state index in [1.165, 1.54) is 31.1 Å². The summed E-state index contributed by atoms with van der Waals surface area (Å²) in [4.78, 5) is 13.8. The lowest BCUT2D eigenvalue weighted by Crippen LogP contribution is -2.39. The molecule has 1 aromatic rings. The standard InChI is InChI=1S/C18H23NO2/c1-21-18(20)8-5-11-19-16-9-10-17(19)13-15(12-16)14-6-3-2-4-7-14/h2-4,6-7,12,16-17H,5,8-11,13H2,1H3. The smallest absolute Gasteiger partial charge is 0.305 e. The molecule has 0 N–H and O–H groups in total. The van der Waals surface area contributed by atoms with Crippen molar-refractivity contribution in [2.45, 2.75) is 44.2 Å². The van der Waals surface area contributed by atoms with E-state index in [1.807, 2.05) is 0 Å². The van der Waals surface area contributed by atoms with Crippen LogP contribution >= 0.6 is 0 Å². The molecule has 2 heterocycles. The highest BCUT2D eigenvalue weighted by Gasteiger charge is 2.36. The van der Waals surface area contributed by atoms with Gasteiger partial charge in [0.15, 0.2) is 0 Å². The van der Waals surface area contributed by atoms with Crippen molar-refractivity contribution in [3.63, 3.8) is 0 Å². The zero-order valence-electron chi connectivity index (χ0n) is 12.6. The summed E-state index contributed by atoms with van der Waals surface area (Å²) in [5.74, 6) is -0.0973. The van der Waals surface area contributed by atoms with Crippen molar-refractivity contribution in [2.24, 2.45) is 0 Å². The third kappa shape index (κ3) is 3.18. The minimum atomic E-state index is -0.0973. The molecular formula is C18H23NO2. The number of esters is 1. The Labute approximate surface area is 126 Å². The van der Waals surface area contributed by atoms with Crippen molar-refractivity contribution in [1.82, 2.24) is 4.90 Å². The zero-order chi connectivity index (χ0) is 14.7. The lowest BCUT2D eigenvalue weighted by molar-refractivity contribution is -0.140. The molecule has 2 unspecified atom stereocenters. The van der Waals surface area contributed by atoms with Crippen LogP contribution in [-0.4, -0.2) is 36.6 Å². The van der Waals surface area contributed by atoms with Crippen molar-refractivity contribution < 1.29 is 9.53 Å². The summed E-state index contributed by atoms with van der Waals surface area (Å²) in [6.07, 6.45) is 7.53. The minimum absolute atomic E-state index is 0.0973. The number of nitrogens with zero attached hydrogens (tertiary/aromatic N) is 1. The van der Waals surface area contributed by atoms with Crippen LogP contribution in [-0.2, 0) is 9.53 Å². The van der Waals surface area contributed by atoms with Gasteiger partial charge in [0, 0.05) is 18.5 Å². The van der Waals surface area contributed by atoms with Gasteiger partial charge in [-0.2, -0.15) is 0 Å². The van der Waals surface area contributed by atoms with Crippen LogP contribution in [0.4, 0.5) is 0 Å². The van der Waals surface area contributed by atoms with E-state index >= 15 is 0 Å². The molecule has 0 spiro atoms. The predicted octanol–water partition coefficient (Wildman–Crippen LogP) is 3.26. The Kier molecular flexibility index (Phi) is 4.39. The van der Waals surface area contributed by atoms with Gasteiger partial charge >= 0.3 is 5.97 Å². The minimum Gasteiger partial charge on any atom is -0.469 e. The second-order valence-electron chi connectivity index (χ2n) is 5.98. The highest BCUT2D eigenvalue weighted by Crippen LogP contribution is 2.38. The van der Waals surface area contributed by atoms with Crippen LogP contribution in [0.2, 0.25) is 0 Å². The van der Waals surface area contributed by atoms with Gasteiger partial charge in [-0.15, -0.1) is 0 Å². The third-order valence-electron chi connectivity index (χ3n) is 4.71. The third-order valence-corrected chi connectivity index (χ3v) is 4.71. The normalized spacial score (nSPS) is 24.7. The van der Waals surface area contributed by atoms with Gasteiger partial charge in [-0.25, -0.2) is 0 Å². The average Bonchev–Trinajstić information content (AvgIpc) is 2.76. The van der Waals surface area contributed by atoms with Gasteiger partial charge in [-0.05, 0) is 43.4 Å². The first-order chi connectivity index (χ1) is 10.3. The molecule has 3 nitrogen and oxygen atoms in total. The summed E-state index contributed by atoms with van der Waals surface area (Å²) < 4.78 is 4.71. The molecule has 0 radical (unpaired) electrons.